The van der Waals surface area contributed by atoms with Gasteiger partial charge in [0.25, 0.3) is 0 Å². The van der Waals surface area contributed by atoms with E-state index in [9.17, 15) is 0 Å². The quantitative estimate of drug-likeness (QED) is 0.621. The van der Waals surface area contributed by atoms with Gasteiger partial charge < -0.3 is 5.32 Å². The van der Waals surface area contributed by atoms with Crippen LogP contribution in [0.2, 0.25) is 0 Å². The molecule has 0 heterocycles. The number of rotatable bonds is 6. The highest BCUT2D eigenvalue weighted by Gasteiger charge is 2.13. The summed E-state index contributed by atoms with van der Waals surface area (Å²) < 4.78 is 0. The molecule has 0 aliphatic carbocycles. The molecule has 0 aliphatic heterocycles. The van der Waals surface area contributed by atoms with E-state index in [0.717, 1.165) is 18.9 Å². The molecule has 76 valence electrons. The molecule has 0 fully saturated rings. The lowest BCUT2D eigenvalue weighted by atomic mass is 9.94. The van der Waals surface area contributed by atoms with Crippen molar-refractivity contribution in [1.82, 2.24) is 5.32 Å². The third kappa shape index (κ3) is 5.71. The second kappa shape index (κ2) is 8.13. The minimum atomic E-state index is 0.581. The van der Waals surface area contributed by atoms with Crippen molar-refractivity contribution in [3.8, 4) is 11.8 Å². The summed E-state index contributed by atoms with van der Waals surface area (Å²) in [6.45, 7) is 9.67. The van der Waals surface area contributed by atoms with E-state index in [1.165, 1.54) is 12.8 Å². The maximum atomic E-state index is 3.50. The molecule has 0 radical (unpaired) electrons. The van der Waals surface area contributed by atoms with Crippen molar-refractivity contribution >= 4 is 0 Å². The smallest absolute Gasteiger partial charge is 0.0245 e. The van der Waals surface area contributed by atoms with Crippen LogP contribution in [-0.2, 0) is 0 Å². The van der Waals surface area contributed by atoms with Gasteiger partial charge in [0.15, 0.2) is 0 Å². The van der Waals surface area contributed by atoms with Crippen molar-refractivity contribution < 1.29 is 0 Å². The molecule has 0 rings (SSSR count). The summed E-state index contributed by atoms with van der Waals surface area (Å²) in [5.74, 6) is 6.87. The zero-order valence-corrected chi connectivity index (χ0v) is 9.48. The molecule has 1 heteroatoms. The third-order valence-corrected chi connectivity index (χ3v) is 2.40. The molecular weight excluding hydrogens is 158 g/mol. The van der Waals surface area contributed by atoms with Gasteiger partial charge in [-0.1, -0.05) is 27.2 Å². The maximum absolute atomic E-state index is 3.50. The summed E-state index contributed by atoms with van der Waals surface area (Å²) in [5.41, 5.74) is 0. The van der Waals surface area contributed by atoms with Gasteiger partial charge in [-0.3, -0.25) is 0 Å². The molecule has 0 saturated heterocycles. The van der Waals surface area contributed by atoms with Crippen LogP contribution in [0, 0.1) is 17.8 Å². The molecule has 0 saturated carbocycles. The lowest BCUT2D eigenvalue weighted by Gasteiger charge is -2.22. The van der Waals surface area contributed by atoms with Gasteiger partial charge in [-0.05, 0) is 25.8 Å². The second-order valence-electron chi connectivity index (χ2n) is 3.56. The molecule has 0 amide bonds. The molecule has 1 N–H and O–H groups in total. The normalized spacial score (nSPS) is 14.5. The van der Waals surface area contributed by atoms with Gasteiger partial charge in [0, 0.05) is 12.5 Å². The first-order valence-corrected chi connectivity index (χ1v) is 5.39. The topological polar surface area (TPSA) is 12.0 Å². The van der Waals surface area contributed by atoms with Gasteiger partial charge >= 0.3 is 0 Å². The Kier molecular flexibility index (Phi) is 7.83. The zero-order valence-electron chi connectivity index (χ0n) is 9.48. The molecule has 1 nitrogen and oxygen atoms in total. The van der Waals surface area contributed by atoms with E-state index in [2.05, 4.69) is 37.9 Å². The van der Waals surface area contributed by atoms with Crippen LogP contribution in [0.1, 0.15) is 47.0 Å². The van der Waals surface area contributed by atoms with Crippen LogP contribution in [0.4, 0.5) is 0 Å². The molecule has 0 aliphatic rings. The Balaban J connectivity index is 3.94. The lowest BCUT2D eigenvalue weighted by Crippen LogP contribution is -2.34. The van der Waals surface area contributed by atoms with E-state index in [-0.39, 0.29) is 0 Å². The average molecular weight is 181 g/mol. The Hall–Kier alpha value is -0.480. The highest BCUT2D eigenvalue weighted by atomic mass is 14.9. The number of nitrogens with one attached hydrogen (secondary N) is 1. The molecular formula is C12H23N. The largest absolute Gasteiger partial charge is 0.313 e. The Bertz CT molecular complexity index is 164. The Morgan fingerprint density at radius 2 is 2.00 bits per heavy atom. The summed E-state index contributed by atoms with van der Waals surface area (Å²) in [4.78, 5) is 0. The van der Waals surface area contributed by atoms with Crippen molar-refractivity contribution in [2.45, 2.75) is 53.0 Å². The third-order valence-electron chi connectivity index (χ3n) is 2.40. The van der Waals surface area contributed by atoms with E-state index in [0.29, 0.717) is 6.04 Å². The monoisotopic (exact) mass is 181 g/mol. The lowest BCUT2D eigenvalue weighted by molar-refractivity contribution is 0.365. The molecule has 0 aromatic rings. The zero-order chi connectivity index (χ0) is 10.1. The van der Waals surface area contributed by atoms with Crippen molar-refractivity contribution in [1.29, 1.82) is 0 Å². The first-order chi connectivity index (χ1) is 6.26. The average Bonchev–Trinajstić information content (AvgIpc) is 2.12. The van der Waals surface area contributed by atoms with Crippen LogP contribution >= 0.6 is 0 Å². The minimum Gasteiger partial charge on any atom is -0.313 e. The van der Waals surface area contributed by atoms with Gasteiger partial charge in [-0.25, -0.2) is 0 Å². The predicted octanol–water partition coefficient (Wildman–Crippen LogP) is 2.81. The fourth-order valence-electron chi connectivity index (χ4n) is 1.61. The van der Waals surface area contributed by atoms with Crippen LogP contribution in [-0.4, -0.2) is 12.6 Å². The van der Waals surface area contributed by atoms with Crippen molar-refractivity contribution in [2.75, 3.05) is 6.54 Å². The summed E-state index contributed by atoms with van der Waals surface area (Å²) in [5, 5.41) is 3.50. The minimum absolute atomic E-state index is 0.581. The van der Waals surface area contributed by atoms with Gasteiger partial charge in [0.2, 0.25) is 0 Å². The maximum Gasteiger partial charge on any atom is 0.0245 e. The molecule has 13 heavy (non-hydrogen) atoms. The van der Waals surface area contributed by atoms with Gasteiger partial charge in [-0.2, -0.15) is 0 Å². The van der Waals surface area contributed by atoms with Crippen LogP contribution in [0.3, 0.4) is 0 Å². The SMILES string of the molecule is CC#CCC(NCC)C(C)CCC. The molecule has 2 atom stereocenters. The van der Waals surface area contributed by atoms with Crippen molar-refractivity contribution in [3.05, 3.63) is 0 Å². The fourth-order valence-corrected chi connectivity index (χ4v) is 1.61. The Morgan fingerprint density at radius 3 is 2.46 bits per heavy atom. The van der Waals surface area contributed by atoms with Crippen LogP contribution in [0.15, 0.2) is 0 Å². The summed E-state index contributed by atoms with van der Waals surface area (Å²) in [6.07, 6.45) is 3.55. The van der Waals surface area contributed by atoms with Gasteiger partial charge in [-0.15, -0.1) is 11.8 Å². The Labute approximate surface area is 83.3 Å². The Morgan fingerprint density at radius 1 is 1.31 bits per heavy atom. The highest BCUT2D eigenvalue weighted by Crippen LogP contribution is 2.12. The van der Waals surface area contributed by atoms with Crippen LogP contribution in [0.25, 0.3) is 0 Å². The molecule has 0 aromatic carbocycles. The summed E-state index contributed by atoms with van der Waals surface area (Å²) in [7, 11) is 0. The van der Waals surface area contributed by atoms with E-state index in [4.69, 9.17) is 0 Å². The van der Waals surface area contributed by atoms with Crippen molar-refractivity contribution in [3.63, 3.8) is 0 Å². The standard InChI is InChI=1S/C12H23N/c1-5-8-10-12(13-7-3)11(4)9-6-2/h11-13H,6-7,9-10H2,1-4H3. The van der Waals surface area contributed by atoms with E-state index >= 15 is 0 Å². The van der Waals surface area contributed by atoms with Crippen molar-refractivity contribution in [2.24, 2.45) is 5.92 Å². The molecule has 0 spiro atoms. The highest BCUT2D eigenvalue weighted by molar-refractivity contribution is 4.98. The number of hydrogen-bond donors (Lipinski definition) is 1. The van der Waals surface area contributed by atoms with E-state index in [1.807, 2.05) is 6.92 Å². The molecule has 2 unspecified atom stereocenters. The summed E-state index contributed by atoms with van der Waals surface area (Å²) >= 11 is 0. The predicted molar refractivity (Wildman–Crippen MR) is 59.6 cm³/mol. The first-order valence-electron chi connectivity index (χ1n) is 5.39. The fraction of sp³-hybridized carbons (Fsp3) is 0.833. The van der Waals surface area contributed by atoms with E-state index in [1.54, 1.807) is 0 Å². The van der Waals surface area contributed by atoms with Gasteiger partial charge in [0.1, 0.15) is 0 Å². The van der Waals surface area contributed by atoms with Crippen LogP contribution < -0.4 is 5.32 Å². The van der Waals surface area contributed by atoms with Gasteiger partial charge in [0.05, 0.1) is 0 Å². The number of hydrogen-bond acceptors (Lipinski definition) is 1. The van der Waals surface area contributed by atoms with Crippen LogP contribution in [0.5, 0.6) is 0 Å². The second-order valence-corrected chi connectivity index (χ2v) is 3.56. The summed E-state index contributed by atoms with van der Waals surface area (Å²) in [6, 6.07) is 0.581. The first kappa shape index (κ1) is 12.5. The molecule has 0 bridgehead atoms. The van der Waals surface area contributed by atoms with E-state index < -0.39 is 0 Å². The molecule has 0 aromatic heterocycles.